The Hall–Kier alpha value is -1.46. The molecule has 132 valence electrons. The molecule has 0 fully saturated rings. The number of nitrogens with zero attached hydrogens (tertiary/aromatic N) is 1. The van der Waals surface area contributed by atoms with Crippen molar-refractivity contribution in [1.82, 2.24) is 4.98 Å². The van der Waals surface area contributed by atoms with Crippen molar-refractivity contribution in [3.05, 3.63) is 23.5 Å². The zero-order valence-corrected chi connectivity index (χ0v) is 12.1. The maximum atomic E-state index is 13.0. The molecule has 1 heterocycles. The molecule has 3 nitrogen and oxygen atoms in total. The van der Waals surface area contributed by atoms with Gasteiger partial charge in [0.15, 0.2) is 9.84 Å². The van der Waals surface area contributed by atoms with E-state index in [1.54, 1.807) is 0 Å². The van der Waals surface area contributed by atoms with Gasteiger partial charge in [-0.3, -0.25) is 4.98 Å². The number of aromatic nitrogens is 1. The van der Waals surface area contributed by atoms with Crippen molar-refractivity contribution < 1.29 is 43.5 Å². The summed E-state index contributed by atoms with van der Waals surface area (Å²) >= 11 is 0. The molecule has 0 spiro atoms. The van der Waals surface area contributed by atoms with Gasteiger partial charge in [0.2, 0.25) is 0 Å². The average Bonchev–Trinajstić information content (AvgIpc) is 2.35. The predicted molar refractivity (Wildman–Crippen MR) is 61.7 cm³/mol. The lowest BCUT2D eigenvalue weighted by molar-refractivity contribution is -0.281. The van der Waals surface area contributed by atoms with E-state index in [0.29, 0.717) is 0 Å². The second-order valence-corrected chi connectivity index (χ2v) is 6.70. The van der Waals surface area contributed by atoms with E-state index in [-0.39, 0.29) is 12.3 Å². The molecule has 0 amide bonds. The maximum absolute atomic E-state index is 13.0. The van der Waals surface area contributed by atoms with Crippen LogP contribution < -0.4 is 0 Å². The second kappa shape index (κ2) is 5.87. The average molecular weight is 371 g/mol. The Bertz CT molecular complexity index is 678. The van der Waals surface area contributed by atoms with E-state index in [4.69, 9.17) is 0 Å². The molecule has 0 aliphatic carbocycles. The van der Waals surface area contributed by atoms with Crippen molar-refractivity contribution in [3.8, 4) is 0 Å². The first-order valence-corrected chi connectivity index (χ1v) is 7.50. The lowest BCUT2D eigenvalue weighted by Gasteiger charge is -2.20. The second-order valence-electron chi connectivity index (χ2n) is 4.45. The van der Waals surface area contributed by atoms with Crippen LogP contribution in [0, 0.1) is 0 Å². The van der Waals surface area contributed by atoms with Crippen molar-refractivity contribution in [2.45, 2.75) is 36.5 Å². The quantitative estimate of drug-likeness (QED) is 0.760. The number of hydrogen-bond donors (Lipinski definition) is 0. The number of hydrogen-bond acceptors (Lipinski definition) is 3. The zero-order valence-electron chi connectivity index (χ0n) is 11.3. The molecule has 1 aromatic heterocycles. The Kier molecular flexibility index (Phi) is 5.00. The highest BCUT2D eigenvalue weighted by Crippen LogP contribution is 2.39. The molecule has 1 aromatic rings. The predicted octanol–water partition coefficient (Wildman–Crippen LogP) is 3.63. The van der Waals surface area contributed by atoms with Gasteiger partial charge < -0.3 is 0 Å². The minimum absolute atomic E-state index is 0.00756. The number of alkyl halides is 8. The molecule has 0 atom stereocenters. The monoisotopic (exact) mass is 371 g/mol. The fourth-order valence-electron chi connectivity index (χ4n) is 1.50. The zero-order chi connectivity index (χ0) is 18.3. The third-order valence-corrected chi connectivity index (χ3v) is 4.56. The number of pyridine rings is 1. The topological polar surface area (TPSA) is 47.0 Å². The van der Waals surface area contributed by atoms with Crippen molar-refractivity contribution in [2.24, 2.45) is 0 Å². The Morgan fingerprint density at radius 1 is 1.04 bits per heavy atom. The molecule has 0 saturated carbocycles. The van der Waals surface area contributed by atoms with Gasteiger partial charge in [0.25, 0.3) is 0 Å². The van der Waals surface area contributed by atoms with Crippen molar-refractivity contribution >= 4 is 9.84 Å². The number of rotatable bonds is 4. The van der Waals surface area contributed by atoms with Crippen LogP contribution in [0.15, 0.2) is 17.2 Å². The Morgan fingerprint density at radius 2 is 1.57 bits per heavy atom. The van der Waals surface area contributed by atoms with Gasteiger partial charge in [-0.1, -0.05) is 6.92 Å². The molecule has 12 heteroatoms. The lowest BCUT2D eigenvalue weighted by Crippen LogP contribution is -2.39. The van der Waals surface area contributed by atoms with E-state index in [9.17, 15) is 43.5 Å². The van der Waals surface area contributed by atoms with Gasteiger partial charge in [-0.25, -0.2) is 8.42 Å². The highest BCUT2D eigenvalue weighted by Gasteiger charge is 2.57. The number of sulfone groups is 1. The Labute approximate surface area is 125 Å². The fraction of sp³-hybridized carbons (Fsp3) is 0.545. The van der Waals surface area contributed by atoms with Gasteiger partial charge in [-0.05, 0) is 6.07 Å². The Balaban J connectivity index is 3.50. The van der Waals surface area contributed by atoms with E-state index in [0.717, 1.165) is 6.92 Å². The van der Waals surface area contributed by atoms with Crippen LogP contribution in [-0.2, 0) is 22.4 Å². The van der Waals surface area contributed by atoms with Gasteiger partial charge in [-0.2, -0.15) is 35.1 Å². The van der Waals surface area contributed by atoms with Crippen LogP contribution in [0.25, 0.3) is 0 Å². The fourth-order valence-corrected chi connectivity index (χ4v) is 2.60. The highest BCUT2D eigenvalue weighted by molar-refractivity contribution is 7.91. The molecule has 0 aromatic carbocycles. The summed E-state index contributed by atoms with van der Waals surface area (Å²) in [7, 11) is -4.49. The van der Waals surface area contributed by atoms with Crippen LogP contribution in [0.4, 0.5) is 35.1 Å². The van der Waals surface area contributed by atoms with Gasteiger partial charge in [0.05, 0.1) is 28.3 Å². The molecular weight excluding hydrogens is 362 g/mol. The van der Waals surface area contributed by atoms with Crippen LogP contribution in [0.1, 0.15) is 18.2 Å². The summed E-state index contributed by atoms with van der Waals surface area (Å²) in [6.45, 7) is 1.00. The first-order chi connectivity index (χ1) is 10.1. The summed E-state index contributed by atoms with van der Waals surface area (Å²) in [6, 6.07) is 0.00756. The summed E-state index contributed by atoms with van der Waals surface area (Å²) < 4.78 is 124. The third-order valence-electron chi connectivity index (χ3n) is 2.78. The van der Waals surface area contributed by atoms with Crippen LogP contribution in [0.2, 0.25) is 0 Å². The summed E-state index contributed by atoms with van der Waals surface area (Å²) in [5.41, 5.74) is -2.84. The van der Waals surface area contributed by atoms with Gasteiger partial charge in [-0.15, -0.1) is 0 Å². The van der Waals surface area contributed by atoms with Crippen molar-refractivity contribution in [3.63, 3.8) is 0 Å². The van der Waals surface area contributed by atoms with Gasteiger partial charge in [0.1, 0.15) is 0 Å². The molecule has 0 N–H and O–H groups in total. The first-order valence-electron chi connectivity index (χ1n) is 5.85. The SMILES string of the molecule is CCS(=O)(=O)c1cc(C(F)(F)F)cnc1CC(F)(F)C(F)(F)F. The largest absolute Gasteiger partial charge is 0.453 e. The number of halogens is 8. The van der Waals surface area contributed by atoms with Crippen LogP contribution >= 0.6 is 0 Å². The van der Waals surface area contributed by atoms with E-state index < -0.39 is 56.4 Å². The maximum Gasteiger partial charge on any atom is 0.453 e. The minimum atomic E-state index is -6.00. The van der Waals surface area contributed by atoms with Gasteiger partial charge >= 0.3 is 18.3 Å². The van der Waals surface area contributed by atoms with E-state index >= 15 is 0 Å². The minimum Gasteiger partial charge on any atom is -0.259 e. The van der Waals surface area contributed by atoms with Crippen LogP contribution in [0.5, 0.6) is 0 Å². The Morgan fingerprint density at radius 3 is 1.96 bits per heavy atom. The highest BCUT2D eigenvalue weighted by atomic mass is 32.2. The van der Waals surface area contributed by atoms with Crippen LogP contribution in [-0.4, -0.2) is 31.3 Å². The molecule has 0 saturated heterocycles. The normalized spacial score (nSPS) is 14.1. The van der Waals surface area contributed by atoms with E-state index in [1.165, 1.54) is 0 Å². The molecule has 0 bridgehead atoms. The molecule has 0 aliphatic rings. The molecule has 0 radical (unpaired) electrons. The lowest BCUT2D eigenvalue weighted by atomic mass is 10.1. The summed E-state index contributed by atoms with van der Waals surface area (Å²) in [6.07, 6.45) is -13.2. The molecule has 0 aliphatic heterocycles. The van der Waals surface area contributed by atoms with Crippen molar-refractivity contribution in [2.75, 3.05) is 5.75 Å². The third kappa shape index (κ3) is 4.30. The molecule has 1 rings (SSSR count). The molecular formula is C11H9F8NO2S. The molecule has 23 heavy (non-hydrogen) atoms. The summed E-state index contributed by atoms with van der Waals surface area (Å²) in [5, 5.41) is 0. The van der Waals surface area contributed by atoms with Crippen molar-refractivity contribution in [1.29, 1.82) is 0 Å². The van der Waals surface area contributed by atoms with Crippen LogP contribution in [0.3, 0.4) is 0 Å². The summed E-state index contributed by atoms with van der Waals surface area (Å²) in [5.74, 6) is -6.13. The standard InChI is InChI=1S/C11H9F8NO2S/c1-2-23(21,22)8-3-6(10(14,15)16)5-20-7(8)4-9(12,13)11(17,18)19/h3,5H,2,4H2,1H3. The molecule has 0 unspecified atom stereocenters. The van der Waals surface area contributed by atoms with E-state index in [2.05, 4.69) is 4.98 Å². The first kappa shape index (κ1) is 19.6. The smallest absolute Gasteiger partial charge is 0.259 e. The van der Waals surface area contributed by atoms with E-state index in [1.807, 2.05) is 0 Å². The summed E-state index contributed by atoms with van der Waals surface area (Å²) in [4.78, 5) is 1.59. The van der Waals surface area contributed by atoms with Gasteiger partial charge in [0, 0.05) is 6.20 Å².